The molecule has 2 N–H and O–H groups in total. The molecule has 4 aromatic carbocycles. The van der Waals surface area contributed by atoms with Crippen molar-refractivity contribution in [1.82, 2.24) is 39.9 Å². The van der Waals surface area contributed by atoms with Gasteiger partial charge in [0.2, 0.25) is 0 Å². The lowest BCUT2D eigenvalue weighted by atomic mass is 10.2. The third kappa shape index (κ3) is 5.27. The first-order chi connectivity index (χ1) is 24.4. The quantitative estimate of drug-likeness (QED) is 0.184. The first kappa shape index (κ1) is 30.7. The van der Waals surface area contributed by atoms with Crippen LogP contribution in [0.4, 0.5) is 22.7 Å². The third-order valence-corrected chi connectivity index (χ3v) is 14.7. The van der Waals surface area contributed by atoms with Gasteiger partial charge in [0.15, 0.2) is 0 Å². The fourth-order valence-corrected chi connectivity index (χ4v) is 12.2. The van der Waals surface area contributed by atoms with Crippen molar-refractivity contribution < 1.29 is 0 Å². The molecule has 0 aliphatic carbocycles. The van der Waals surface area contributed by atoms with Crippen molar-refractivity contribution in [3.63, 3.8) is 0 Å². The molecule has 0 fully saturated rings. The summed E-state index contributed by atoms with van der Waals surface area (Å²) in [5.41, 5.74) is 8.31. The predicted octanol–water partition coefficient (Wildman–Crippen LogP) is 6.94. The zero-order valence-electron chi connectivity index (χ0n) is 27.9. The van der Waals surface area contributed by atoms with Crippen LogP contribution in [-0.4, -0.2) is 51.2 Å². The van der Waals surface area contributed by atoms with Gasteiger partial charge in [-0.25, -0.2) is 39.9 Å². The summed E-state index contributed by atoms with van der Waals surface area (Å²) in [4.78, 5) is 36.3. The molecular weight excluding hydrogens is 658 g/mol. The second-order valence-corrected chi connectivity index (χ2v) is 18.5. The molecule has 1 aliphatic heterocycles. The van der Waals surface area contributed by atoms with E-state index in [9.17, 15) is 0 Å². The summed E-state index contributed by atoms with van der Waals surface area (Å²) in [6.45, 7) is 9.20. The zero-order chi connectivity index (χ0) is 33.9. The summed E-state index contributed by atoms with van der Waals surface area (Å²) in [7, 11) is -1.93. The largest absolute Gasteiger partial charge is 0.354 e. The molecule has 4 aromatic heterocycles. The maximum absolute atomic E-state index is 4.71. The van der Waals surface area contributed by atoms with Crippen molar-refractivity contribution >= 4 is 103 Å². The third-order valence-electron chi connectivity index (χ3n) is 9.10. The van der Waals surface area contributed by atoms with E-state index >= 15 is 0 Å². The highest BCUT2D eigenvalue weighted by molar-refractivity contribution is 7.74. The van der Waals surface area contributed by atoms with Crippen LogP contribution in [0.25, 0.3) is 43.6 Å². The standard InChI is InChI=1S/C38H32N10P2/c1-21(2)49-35-9-27-23(13-39-17-43-27)5-31(35)47-33-7-25-15-41-19-45-29(25)11-37(33)50(22(3)4)38-12-30-26(16-42-20-46-30)8-34(38)48-32-6-24-14-40-18-44-28(24)10-36(32)49/h5-22,47-48H,1-4H3. The molecule has 50 heavy (non-hydrogen) atoms. The average molecular weight is 691 g/mol. The molecule has 9 rings (SSSR count). The number of nitrogens with one attached hydrogen (secondary N) is 2. The number of hydrogen-bond donors (Lipinski definition) is 2. The monoisotopic (exact) mass is 690 g/mol. The maximum Gasteiger partial charge on any atom is 0.116 e. The normalized spacial score (nSPS) is 15.9. The second kappa shape index (κ2) is 12.2. The fourth-order valence-electron chi connectivity index (χ4n) is 6.93. The number of rotatable bonds is 2. The van der Waals surface area contributed by atoms with E-state index in [0.29, 0.717) is 0 Å². The van der Waals surface area contributed by atoms with Gasteiger partial charge in [-0.05, 0) is 75.7 Å². The minimum absolute atomic E-state index is 0.273. The molecular formula is C38H32N10P2. The first-order valence-electron chi connectivity index (χ1n) is 16.5. The van der Waals surface area contributed by atoms with Crippen LogP contribution in [0.5, 0.6) is 0 Å². The molecule has 0 saturated heterocycles. The summed E-state index contributed by atoms with van der Waals surface area (Å²) < 4.78 is 0. The maximum atomic E-state index is 4.71. The lowest BCUT2D eigenvalue weighted by Crippen LogP contribution is -2.27. The van der Waals surface area contributed by atoms with Gasteiger partial charge < -0.3 is 10.6 Å². The predicted molar refractivity (Wildman–Crippen MR) is 207 cm³/mol. The molecule has 0 spiro atoms. The summed E-state index contributed by atoms with van der Waals surface area (Å²) in [5.74, 6) is 0. The number of nitrogens with zero attached hydrogens (tertiary/aromatic N) is 8. The van der Waals surface area contributed by atoms with Crippen molar-refractivity contribution in [2.24, 2.45) is 0 Å². The Kier molecular flexibility index (Phi) is 7.52. The summed E-state index contributed by atoms with van der Waals surface area (Å²) in [6, 6.07) is 17.8. The number of aromatic nitrogens is 8. The van der Waals surface area contributed by atoms with Crippen LogP contribution in [0.1, 0.15) is 27.7 Å². The van der Waals surface area contributed by atoms with Crippen LogP contribution < -0.4 is 31.9 Å². The van der Waals surface area contributed by atoms with E-state index in [1.165, 1.54) is 21.2 Å². The van der Waals surface area contributed by atoms with Crippen LogP contribution in [0.2, 0.25) is 0 Å². The van der Waals surface area contributed by atoms with Crippen LogP contribution in [0.15, 0.2) is 98.6 Å². The molecule has 0 saturated carbocycles. The molecule has 1 aliphatic rings. The van der Waals surface area contributed by atoms with Gasteiger partial charge in [-0.1, -0.05) is 27.7 Å². The lowest BCUT2D eigenvalue weighted by Gasteiger charge is -2.32. The van der Waals surface area contributed by atoms with Gasteiger partial charge >= 0.3 is 0 Å². The molecule has 0 atom stereocenters. The second-order valence-electron chi connectivity index (χ2n) is 13.0. The molecule has 0 radical (unpaired) electrons. The Labute approximate surface area is 290 Å². The molecule has 12 heteroatoms. The Hall–Kier alpha value is -5.30. The lowest BCUT2D eigenvalue weighted by molar-refractivity contribution is 1.10. The van der Waals surface area contributed by atoms with Crippen molar-refractivity contribution in [1.29, 1.82) is 0 Å². The molecule has 10 nitrogen and oxygen atoms in total. The molecule has 0 amide bonds. The van der Waals surface area contributed by atoms with E-state index in [1.807, 2.05) is 24.8 Å². The van der Waals surface area contributed by atoms with Crippen LogP contribution >= 0.6 is 15.8 Å². The summed E-state index contributed by atoms with van der Waals surface area (Å²) in [6.07, 6.45) is 14.0. The number of fused-ring (bicyclic) bond motifs is 8. The van der Waals surface area contributed by atoms with Crippen molar-refractivity contribution in [3.05, 3.63) is 98.6 Å². The highest BCUT2D eigenvalue weighted by Gasteiger charge is 2.30. The smallest absolute Gasteiger partial charge is 0.116 e. The van der Waals surface area contributed by atoms with Gasteiger partial charge in [0, 0.05) is 90.3 Å². The van der Waals surface area contributed by atoms with E-state index in [-0.39, 0.29) is 11.3 Å². The topological polar surface area (TPSA) is 127 Å². The molecule has 0 unspecified atom stereocenters. The van der Waals surface area contributed by atoms with Crippen LogP contribution in [0, 0.1) is 0 Å². The van der Waals surface area contributed by atoms with Gasteiger partial charge in [-0.2, -0.15) is 0 Å². The van der Waals surface area contributed by atoms with Crippen molar-refractivity contribution in [2.75, 3.05) is 10.6 Å². The molecule has 5 heterocycles. The van der Waals surface area contributed by atoms with Gasteiger partial charge in [0.05, 0.1) is 22.1 Å². The van der Waals surface area contributed by atoms with Crippen molar-refractivity contribution in [3.8, 4) is 0 Å². The van der Waals surface area contributed by atoms with Gasteiger partial charge in [-0.15, -0.1) is 0 Å². The fraction of sp³-hybridized carbons (Fsp3) is 0.158. The van der Waals surface area contributed by atoms with E-state index in [1.54, 1.807) is 25.3 Å². The van der Waals surface area contributed by atoms with E-state index < -0.39 is 15.8 Å². The molecule has 244 valence electrons. The summed E-state index contributed by atoms with van der Waals surface area (Å²) >= 11 is 0. The zero-order valence-corrected chi connectivity index (χ0v) is 29.7. The van der Waals surface area contributed by atoms with Crippen LogP contribution in [0.3, 0.4) is 0 Å². The number of benzene rings is 4. The molecule has 0 bridgehead atoms. The van der Waals surface area contributed by atoms with Gasteiger partial charge in [-0.3, -0.25) is 0 Å². The van der Waals surface area contributed by atoms with E-state index in [0.717, 1.165) is 66.4 Å². The molecule has 8 aromatic rings. The Morgan fingerprint density at radius 1 is 0.400 bits per heavy atom. The Morgan fingerprint density at radius 3 is 0.900 bits per heavy atom. The van der Waals surface area contributed by atoms with E-state index in [4.69, 9.17) is 19.9 Å². The van der Waals surface area contributed by atoms with Crippen LogP contribution in [-0.2, 0) is 0 Å². The Balaban J connectivity index is 1.43. The highest BCUT2D eigenvalue weighted by Crippen LogP contribution is 2.49. The summed E-state index contributed by atoms with van der Waals surface area (Å²) in [5, 5.41) is 16.7. The highest BCUT2D eigenvalue weighted by atomic mass is 31.1. The Bertz CT molecular complexity index is 2260. The van der Waals surface area contributed by atoms with Gasteiger partial charge in [0.25, 0.3) is 0 Å². The van der Waals surface area contributed by atoms with E-state index in [2.05, 4.69) is 107 Å². The SMILES string of the molecule is CC(C)P1c2cc3ncncc3cc2Nc2cc3cncnc3cc2P(C(C)C)c2cc3ncncc3cc2Nc2cc3cncnc3cc21. The number of hydrogen-bond acceptors (Lipinski definition) is 10. The van der Waals surface area contributed by atoms with Gasteiger partial charge in [0.1, 0.15) is 25.3 Å². The van der Waals surface area contributed by atoms with Crippen molar-refractivity contribution in [2.45, 2.75) is 39.0 Å². The minimum atomic E-state index is -0.963. The average Bonchev–Trinajstić information content (AvgIpc) is 3.11. The number of anilines is 4. The first-order valence-corrected chi connectivity index (χ1v) is 19.3. The minimum Gasteiger partial charge on any atom is -0.354 e. The Morgan fingerprint density at radius 2 is 0.660 bits per heavy atom.